The molecule has 8 N–H and O–H groups in total. The van der Waals surface area contributed by atoms with Crippen molar-refractivity contribution in [2.45, 2.75) is 18.9 Å². The van der Waals surface area contributed by atoms with Crippen LogP contribution in [0, 0.1) is 0 Å². The van der Waals surface area contributed by atoms with Gasteiger partial charge in [0.15, 0.2) is 0 Å². The van der Waals surface area contributed by atoms with Crippen molar-refractivity contribution >= 4 is 23.8 Å². The molecule has 1 aliphatic heterocycles. The average Bonchev–Trinajstić information content (AvgIpc) is 2.50. The smallest absolute Gasteiger partial charge is 0.338 e. The van der Waals surface area contributed by atoms with Gasteiger partial charge < -0.3 is 15.7 Å². The van der Waals surface area contributed by atoms with Crippen LogP contribution in [0.2, 0.25) is 0 Å². The number of nitrogens with two attached hydrogens (primary N) is 2. The molecule has 0 aromatic heterocycles. The lowest BCUT2D eigenvalue weighted by atomic mass is 10.1. The van der Waals surface area contributed by atoms with Gasteiger partial charge in [-0.1, -0.05) is 12.1 Å². The number of carbonyl (C=O) groups excluding carboxylic acids is 2. The fraction of sp³-hybridized carbons (Fsp3) is 0.267. The minimum atomic E-state index is -0.583. The first-order valence-electron chi connectivity index (χ1n) is 7.20. The number of guanidine groups is 1. The number of rotatable bonds is 5. The van der Waals surface area contributed by atoms with Crippen LogP contribution in [0.1, 0.15) is 18.4 Å². The van der Waals surface area contributed by atoms with Crippen LogP contribution in [0.4, 0.5) is 0 Å². The van der Waals surface area contributed by atoms with Gasteiger partial charge in [0.25, 0.3) is 5.91 Å². The van der Waals surface area contributed by atoms with Gasteiger partial charge in [-0.25, -0.2) is 0 Å². The van der Waals surface area contributed by atoms with Crippen molar-refractivity contribution in [2.75, 3.05) is 6.54 Å². The largest absolute Gasteiger partial charge is 0.508 e. The van der Waals surface area contributed by atoms with Crippen molar-refractivity contribution in [3.05, 3.63) is 35.5 Å². The number of benzene rings is 1. The zero-order valence-corrected chi connectivity index (χ0v) is 12.5. The molecule has 0 saturated carbocycles. The van der Waals surface area contributed by atoms with Gasteiger partial charge >= 0.3 is 5.96 Å². The lowest BCUT2D eigenvalue weighted by molar-refractivity contribution is -0.459. The molecule has 1 atom stereocenters. The fourth-order valence-corrected chi connectivity index (χ4v) is 2.16. The summed E-state index contributed by atoms with van der Waals surface area (Å²) in [4.78, 5) is 26.9. The molecule has 122 valence electrons. The molecule has 1 aromatic carbocycles. The van der Waals surface area contributed by atoms with Crippen molar-refractivity contribution in [3.8, 4) is 5.75 Å². The van der Waals surface area contributed by atoms with Crippen molar-refractivity contribution < 1.29 is 19.7 Å². The van der Waals surface area contributed by atoms with E-state index in [4.69, 9.17) is 11.5 Å². The molecule has 0 bridgehead atoms. The molecule has 1 aliphatic rings. The Morgan fingerprint density at radius 2 is 1.96 bits per heavy atom. The Balaban J connectivity index is 1.96. The number of amides is 2. The highest BCUT2D eigenvalue weighted by Gasteiger charge is 2.29. The van der Waals surface area contributed by atoms with Crippen LogP contribution >= 0.6 is 0 Å². The molecule has 1 fully saturated rings. The Kier molecular flexibility index (Phi) is 5.19. The number of hydrogen-bond acceptors (Lipinski definition) is 3. The zero-order chi connectivity index (χ0) is 16.8. The van der Waals surface area contributed by atoms with E-state index in [-0.39, 0.29) is 29.2 Å². The Morgan fingerprint density at radius 1 is 1.26 bits per heavy atom. The maximum Gasteiger partial charge on any atom is 0.338 e. The van der Waals surface area contributed by atoms with Gasteiger partial charge in [-0.3, -0.25) is 26.0 Å². The predicted molar refractivity (Wildman–Crippen MR) is 84.6 cm³/mol. The van der Waals surface area contributed by atoms with Gasteiger partial charge in [-0.15, -0.1) is 0 Å². The van der Waals surface area contributed by atoms with Gasteiger partial charge in [0.2, 0.25) is 5.91 Å². The van der Waals surface area contributed by atoms with Crippen LogP contribution in [-0.2, 0) is 9.59 Å². The first-order valence-corrected chi connectivity index (χ1v) is 7.20. The molecule has 1 saturated heterocycles. The molecule has 2 rings (SSSR count). The minimum Gasteiger partial charge on any atom is -0.508 e. The number of nitrogens with one attached hydrogen (secondary N) is 3. The van der Waals surface area contributed by atoms with Gasteiger partial charge in [0.1, 0.15) is 17.5 Å². The summed E-state index contributed by atoms with van der Waals surface area (Å²) in [6.45, 7) is 0.526. The van der Waals surface area contributed by atoms with Gasteiger partial charge in [-0.05, 0) is 36.6 Å². The van der Waals surface area contributed by atoms with E-state index in [0.29, 0.717) is 24.9 Å². The van der Waals surface area contributed by atoms with Crippen molar-refractivity contribution in [1.82, 2.24) is 10.6 Å². The summed E-state index contributed by atoms with van der Waals surface area (Å²) in [5.74, 6) is -0.352. The molecule has 8 heteroatoms. The van der Waals surface area contributed by atoms with Crippen LogP contribution in [-0.4, -0.2) is 35.5 Å². The monoisotopic (exact) mass is 318 g/mol. The molecule has 1 aromatic rings. The number of carbonyl (C=O) groups is 2. The highest BCUT2D eigenvalue weighted by Crippen LogP contribution is 2.14. The van der Waals surface area contributed by atoms with E-state index < -0.39 is 6.04 Å². The Labute approximate surface area is 133 Å². The maximum absolute atomic E-state index is 12.1. The number of phenolic OH excluding ortho intramolecular Hbond substituents is 1. The number of aromatic hydroxyl groups is 1. The summed E-state index contributed by atoms with van der Waals surface area (Å²) in [7, 11) is 0. The number of phenols is 1. The van der Waals surface area contributed by atoms with E-state index in [1.54, 1.807) is 18.2 Å². The molecular formula is C15H20N5O3+. The number of piperazine rings is 1. The minimum absolute atomic E-state index is 0.126. The standard InChI is InChI=1S/C15H19N5O3/c16-15(17)18-7-1-2-11-13(22)20-12(14(23)19-11)8-9-3-5-10(21)6-4-9/h3-6,8,11,21H,1-2,7H2,(H,19,23)(H,20,22)(H4,16,17,18)/p+1/b12-8-/t11-/m0/s1. The van der Waals surface area contributed by atoms with Crippen LogP contribution in [0.15, 0.2) is 30.0 Å². The first kappa shape index (κ1) is 16.3. The molecule has 0 aliphatic carbocycles. The summed E-state index contributed by atoms with van der Waals surface area (Å²) in [6.07, 6.45) is 2.66. The van der Waals surface area contributed by atoms with Gasteiger partial charge in [-0.2, -0.15) is 0 Å². The van der Waals surface area contributed by atoms with Crippen molar-refractivity contribution in [2.24, 2.45) is 11.5 Å². The fourth-order valence-electron chi connectivity index (χ4n) is 2.16. The lowest BCUT2D eigenvalue weighted by Gasteiger charge is -2.24. The maximum atomic E-state index is 12.1. The van der Waals surface area contributed by atoms with Crippen LogP contribution in [0.25, 0.3) is 6.08 Å². The molecule has 0 unspecified atom stereocenters. The second kappa shape index (κ2) is 7.30. The summed E-state index contributed by atoms with van der Waals surface area (Å²) >= 11 is 0. The van der Waals surface area contributed by atoms with Gasteiger partial charge in [0.05, 0.1) is 6.54 Å². The van der Waals surface area contributed by atoms with E-state index in [1.165, 1.54) is 12.1 Å². The van der Waals surface area contributed by atoms with Gasteiger partial charge in [0, 0.05) is 0 Å². The average molecular weight is 318 g/mol. The molecule has 0 radical (unpaired) electrons. The molecule has 23 heavy (non-hydrogen) atoms. The molecule has 8 nitrogen and oxygen atoms in total. The van der Waals surface area contributed by atoms with Crippen LogP contribution < -0.4 is 27.1 Å². The molecular weight excluding hydrogens is 298 g/mol. The van der Waals surface area contributed by atoms with E-state index >= 15 is 0 Å². The summed E-state index contributed by atoms with van der Waals surface area (Å²) in [6, 6.07) is 5.72. The molecule has 2 amide bonds. The van der Waals surface area contributed by atoms with E-state index in [9.17, 15) is 14.7 Å². The predicted octanol–water partition coefficient (Wildman–Crippen LogP) is -2.52. The first-order chi connectivity index (χ1) is 11.0. The molecule has 0 spiro atoms. The highest BCUT2D eigenvalue weighted by atomic mass is 16.3. The Hall–Kier alpha value is -3.03. The Morgan fingerprint density at radius 3 is 2.61 bits per heavy atom. The quantitative estimate of drug-likeness (QED) is 0.154. The molecule has 1 heterocycles. The Bertz CT molecular complexity index is 648. The third kappa shape index (κ3) is 4.73. The lowest BCUT2D eigenvalue weighted by Crippen LogP contribution is -2.78. The topological polar surface area (TPSA) is 144 Å². The van der Waals surface area contributed by atoms with E-state index in [1.807, 2.05) is 0 Å². The summed E-state index contributed by atoms with van der Waals surface area (Å²) in [5.41, 5.74) is 11.4. The highest BCUT2D eigenvalue weighted by molar-refractivity contribution is 6.07. The van der Waals surface area contributed by atoms with Crippen LogP contribution in [0.3, 0.4) is 0 Å². The normalized spacial score (nSPS) is 19.1. The second-order valence-corrected chi connectivity index (χ2v) is 5.19. The third-order valence-electron chi connectivity index (χ3n) is 3.33. The van der Waals surface area contributed by atoms with E-state index in [2.05, 4.69) is 15.6 Å². The number of hydrogen-bond donors (Lipinski definition) is 6. The summed E-state index contributed by atoms with van der Waals surface area (Å²) in [5, 5.41) is 14.5. The second-order valence-electron chi connectivity index (χ2n) is 5.19. The van der Waals surface area contributed by atoms with Crippen LogP contribution in [0.5, 0.6) is 5.75 Å². The van der Waals surface area contributed by atoms with Crippen molar-refractivity contribution in [3.63, 3.8) is 0 Å². The third-order valence-corrected chi connectivity index (χ3v) is 3.33. The summed E-state index contributed by atoms with van der Waals surface area (Å²) < 4.78 is 0. The SMILES string of the molecule is NC(N)=[NH+]CCC[C@@H]1NC(=O)/C(=C/c2ccc(O)cc2)NC1=O. The van der Waals surface area contributed by atoms with E-state index in [0.717, 1.165) is 0 Å². The zero-order valence-electron chi connectivity index (χ0n) is 12.5. The van der Waals surface area contributed by atoms with Crippen molar-refractivity contribution in [1.29, 1.82) is 0 Å².